The van der Waals surface area contributed by atoms with Gasteiger partial charge >= 0.3 is 0 Å². The minimum absolute atomic E-state index is 0.103. The Labute approximate surface area is 151 Å². The Morgan fingerprint density at radius 2 is 1.81 bits per heavy atom. The summed E-state index contributed by atoms with van der Waals surface area (Å²) in [5.41, 5.74) is 2.66. The lowest BCUT2D eigenvalue weighted by molar-refractivity contribution is -0.111. The lowest BCUT2D eigenvalue weighted by Crippen LogP contribution is -2.11. The minimum Gasteiger partial charge on any atom is -0.322 e. The number of para-hydroxylation sites is 1. The van der Waals surface area contributed by atoms with Crippen LogP contribution < -0.4 is 5.32 Å². The first kappa shape index (κ1) is 17.3. The number of Topliss-reactive ketones (excluding diaryl/α,β-unsaturated/α-hetero) is 1. The van der Waals surface area contributed by atoms with E-state index in [1.54, 1.807) is 41.2 Å². The van der Waals surface area contributed by atoms with Gasteiger partial charge < -0.3 is 5.32 Å². The zero-order valence-corrected chi connectivity index (χ0v) is 14.3. The van der Waals surface area contributed by atoms with Crippen molar-refractivity contribution >= 4 is 23.5 Å². The molecule has 0 aliphatic rings. The smallest absolute Gasteiger partial charge is 0.248 e. The van der Waals surface area contributed by atoms with Crippen molar-refractivity contribution in [1.82, 2.24) is 15.0 Å². The molecule has 6 nitrogen and oxygen atoms in total. The first-order chi connectivity index (χ1) is 12.6. The number of carbonyl (C=O) groups is 2. The molecule has 1 aromatic heterocycles. The van der Waals surface area contributed by atoms with Crippen molar-refractivity contribution in [2.24, 2.45) is 0 Å². The van der Waals surface area contributed by atoms with Crippen molar-refractivity contribution in [2.45, 2.75) is 13.5 Å². The van der Waals surface area contributed by atoms with Crippen LogP contribution in [-0.4, -0.2) is 26.7 Å². The number of carbonyl (C=O) groups excluding carboxylic acids is 2. The predicted molar refractivity (Wildman–Crippen MR) is 99.7 cm³/mol. The molecular formula is C20H18N4O2. The number of amides is 1. The van der Waals surface area contributed by atoms with Crippen LogP contribution >= 0.6 is 0 Å². The number of hydrogen-bond donors (Lipinski definition) is 1. The highest BCUT2D eigenvalue weighted by Gasteiger charge is 2.08. The molecule has 0 saturated heterocycles. The molecule has 0 unspecified atom stereocenters. The number of nitrogens with zero attached hydrogens (tertiary/aromatic N) is 3. The maximum Gasteiger partial charge on any atom is 0.248 e. The fourth-order valence-corrected chi connectivity index (χ4v) is 2.47. The van der Waals surface area contributed by atoms with Crippen LogP contribution in [0.4, 0.5) is 5.69 Å². The van der Waals surface area contributed by atoms with Crippen LogP contribution in [0.15, 0.2) is 66.9 Å². The van der Waals surface area contributed by atoms with E-state index < -0.39 is 0 Å². The summed E-state index contributed by atoms with van der Waals surface area (Å²) in [7, 11) is 0. The Kier molecular flexibility index (Phi) is 5.34. The molecule has 2 aromatic carbocycles. The van der Waals surface area contributed by atoms with E-state index in [1.165, 1.54) is 13.0 Å². The van der Waals surface area contributed by atoms with E-state index in [1.807, 2.05) is 30.3 Å². The summed E-state index contributed by atoms with van der Waals surface area (Å²) < 4.78 is 1.71. The first-order valence-electron chi connectivity index (χ1n) is 8.15. The van der Waals surface area contributed by atoms with Crippen LogP contribution in [0.3, 0.4) is 0 Å². The van der Waals surface area contributed by atoms with Gasteiger partial charge in [0.15, 0.2) is 5.78 Å². The van der Waals surface area contributed by atoms with Crippen LogP contribution in [0.25, 0.3) is 6.08 Å². The molecule has 1 N–H and O–H groups in total. The van der Waals surface area contributed by atoms with Crippen molar-refractivity contribution in [3.05, 3.63) is 83.7 Å². The average Bonchev–Trinajstić information content (AvgIpc) is 3.08. The predicted octanol–water partition coefficient (Wildman–Crippen LogP) is 3.18. The molecular weight excluding hydrogens is 328 g/mol. The molecule has 0 aliphatic carbocycles. The number of rotatable bonds is 6. The number of hydrogen-bond acceptors (Lipinski definition) is 4. The molecule has 26 heavy (non-hydrogen) atoms. The topological polar surface area (TPSA) is 76.9 Å². The lowest BCUT2D eigenvalue weighted by atomic mass is 10.1. The van der Waals surface area contributed by atoms with Gasteiger partial charge in [0.05, 0.1) is 18.4 Å². The minimum atomic E-state index is -0.337. The summed E-state index contributed by atoms with van der Waals surface area (Å²) in [5, 5.41) is 10.8. The molecule has 0 bridgehead atoms. The third-order valence-electron chi connectivity index (χ3n) is 3.71. The van der Waals surface area contributed by atoms with E-state index in [9.17, 15) is 9.59 Å². The Morgan fingerprint density at radius 1 is 1.08 bits per heavy atom. The number of anilines is 1. The monoisotopic (exact) mass is 346 g/mol. The van der Waals surface area contributed by atoms with E-state index >= 15 is 0 Å². The summed E-state index contributed by atoms with van der Waals surface area (Å²) >= 11 is 0. The van der Waals surface area contributed by atoms with Gasteiger partial charge in [0.1, 0.15) is 5.69 Å². The van der Waals surface area contributed by atoms with Gasteiger partial charge in [0.2, 0.25) is 5.91 Å². The second-order valence-electron chi connectivity index (χ2n) is 5.75. The van der Waals surface area contributed by atoms with E-state index in [0.29, 0.717) is 23.5 Å². The molecule has 3 aromatic rings. The Balaban J connectivity index is 1.63. The lowest BCUT2D eigenvalue weighted by Gasteiger charge is -2.06. The molecule has 0 radical (unpaired) electrons. The van der Waals surface area contributed by atoms with Crippen molar-refractivity contribution in [3.63, 3.8) is 0 Å². The Bertz CT molecular complexity index is 945. The Morgan fingerprint density at radius 3 is 2.58 bits per heavy atom. The highest BCUT2D eigenvalue weighted by molar-refractivity contribution is 6.07. The summed E-state index contributed by atoms with van der Waals surface area (Å²) in [6.07, 6.45) is 4.72. The molecule has 6 heteroatoms. The van der Waals surface area contributed by atoms with Crippen LogP contribution in [-0.2, 0) is 11.3 Å². The van der Waals surface area contributed by atoms with Crippen LogP contribution in [0.2, 0.25) is 0 Å². The van der Waals surface area contributed by atoms with Crippen molar-refractivity contribution in [1.29, 1.82) is 0 Å². The molecule has 0 atom stereocenters. The molecule has 0 fully saturated rings. The van der Waals surface area contributed by atoms with Gasteiger partial charge in [0, 0.05) is 11.6 Å². The standard InChI is InChI=1S/C20H18N4O2/c1-15(25)18-9-5-6-10-19(18)21-20(26)12-11-17-14-24(23-22-17)13-16-7-3-2-4-8-16/h2-12,14H,13H2,1H3,(H,21,26). The summed E-state index contributed by atoms with van der Waals surface area (Å²) in [4.78, 5) is 23.7. The highest BCUT2D eigenvalue weighted by atomic mass is 16.1. The molecule has 0 spiro atoms. The van der Waals surface area contributed by atoms with Gasteiger partial charge in [-0.2, -0.15) is 0 Å². The summed E-state index contributed by atoms with van der Waals surface area (Å²) in [6, 6.07) is 16.8. The van der Waals surface area contributed by atoms with Gasteiger partial charge in [-0.15, -0.1) is 5.10 Å². The molecule has 130 valence electrons. The largest absolute Gasteiger partial charge is 0.322 e. The molecule has 0 saturated carbocycles. The number of nitrogens with one attached hydrogen (secondary N) is 1. The SMILES string of the molecule is CC(=O)c1ccccc1NC(=O)C=Cc1cn(Cc2ccccc2)nn1. The second-order valence-corrected chi connectivity index (χ2v) is 5.75. The van der Waals surface area contributed by atoms with Gasteiger partial charge in [-0.25, -0.2) is 4.68 Å². The summed E-state index contributed by atoms with van der Waals surface area (Å²) in [6.45, 7) is 2.08. The third-order valence-corrected chi connectivity index (χ3v) is 3.71. The van der Waals surface area contributed by atoms with Gasteiger partial charge in [0.25, 0.3) is 0 Å². The van der Waals surface area contributed by atoms with Gasteiger partial charge in [-0.05, 0) is 30.7 Å². The maximum absolute atomic E-state index is 12.1. The van der Waals surface area contributed by atoms with E-state index in [4.69, 9.17) is 0 Å². The zero-order chi connectivity index (χ0) is 18.4. The number of ketones is 1. The van der Waals surface area contributed by atoms with E-state index in [-0.39, 0.29) is 11.7 Å². The molecule has 1 heterocycles. The number of benzene rings is 2. The van der Waals surface area contributed by atoms with Crippen LogP contribution in [0.1, 0.15) is 28.5 Å². The van der Waals surface area contributed by atoms with E-state index in [0.717, 1.165) is 5.56 Å². The first-order valence-corrected chi connectivity index (χ1v) is 8.15. The quantitative estimate of drug-likeness (QED) is 0.549. The maximum atomic E-state index is 12.1. The van der Waals surface area contributed by atoms with Gasteiger partial charge in [-0.3, -0.25) is 9.59 Å². The Hall–Kier alpha value is -3.54. The molecule has 3 rings (SSSR count). The van der Waals surface area contributed by atoms with Crippen molar-refractivity contribution in [2.75, 3.05) is 5.32 Å². The van der Waals surface area contributed by atoms with Crippen molar-refractivity contribution < 1.29 is 9.59 Å². The average molecular weight is 346 g/mol. The van der Waals surface area contributed by atoms with Crippen LogP contribution in [0.5, 0.6) is 0 Å². The van der Waals surface area contributed by atoms with E-state index in [2.05, 4.69) is 15.6 Å². The fourth-order valence-electron chi connectivity index (χ4n) is 2.47. The second kappa shape index (κ2) is 8.02. The summed E-state index contributed by atoms with van der Waals surface area (Å²) in [5.74, 6) is -0.440. The van der Waals surface area contributed by atoms with Crippen LogP contribution in [0, 0.1) is 0 Å². The fraction of sp³-hybridized carbons (Fsp3) is 0.100. The van der Waals surface area contributed by atoms with Gasteiger partial charge in [-0.1, -0.05) is 47.7 Å². The highest BCUT2D eigenvalue weighted by Crippen LogP contribution is 2.15. The number of aromatic nitrogens is 3. The zero-order valence-electron chi connectivity index (χ0n) is 14.3. The third kappa shape index (κ3) is 4.51. The normalized spacial score (nSPS) is 10.8. The van der Waals surface area contributed by atoms with Crippen molar-refractivity contribution in [3.8, 4) is 0 Å². The molecule has 0 aliphatic heterocycles. The molecule has 1 amide bonds.